The van der Waals surface area contributed by atoms with Crippen LogP contribution in [-0.4, -0.2) is 23.4 Å². The van der Waals surface area contributed by atoms with Gasteiger partial charge in [0.05, 0.1) is 5.69 Å². The Morgan fingerprint density at radius 3 is 2.83 bits per heavy atom. The third kappa shape index (κ3) is 3.00. The molecule has 4 heteroatoms. The molecule has 0 amide bonds. The van der Waals surface area contributed by atoms with Crippen molar-refractivity contribution in [3.8, 4) is 0 Å². The second kappa shape index (κ2) is 5.38. The van der Waals surface area contributed by atoms with Crippen molar-refractivity contribution in [2.75, 3.05) is 11.4 Å². The summed E-state index contributed by atoms with van der Waals surface area (Å²) >= 11 is 0. The van der Waals surface area contributed by atoms with E-state index in [1.807, 2.05) is 12.1 Å². The summed E-state index contributed by atoms with van der Waals surface area (Å²) in [5.41, 5.74) is 7.26. The molecule has 1 aliphatic carbocycles. The van der Waals surface area contributed by atoms with Gasteiger partial charge < -0.3 is 10.6 Å². The Balaban J connectivity index is 2.22. The summed E-state index contributed by atoms with van der Waals surface area (Å²) in [7, 11) is 0. The first-order chi connectivity index (χ1) is 8.59. The van der Waals surface area contributed by atoms with E-state index < -0.39 is 0 Å². The summed E-state index contributed by atoms with van der Waals surface area (Å²) < 4.78 is 0. The molecule has 1 heterocycles. The molecule has 0 aromatic carbocycles. The van der Waals surface area contributed by atoms with Crippen molar-refractivity contribution >= 4 is 11.5 Å². The number of nitrogens with two attached hydrogens (primary N) is 1. The van der Waals surface area contributed by atoms with Crippen LogP contribution >= 0.6 is 0 Å². The van der Waals surface area contributed by atoms with E-state index in [1.165, 1.54) is 12.8 Å². The first-order valence-corrected chi connectivity index (χ1v) is 6.65. The Kier molecular flexibility index (Phi) is 3.84. The van der Waals surface area contributed by atoms with Crippen molar-refractivity contribution in [3.63, 3.8) is 0 Å². The van der Waals surface area contributed by atoms with Crippen LogP contribution in [0.3, 0.4) is 0 Å². The molecule has 4 nitrogen and oxygen atoms in total. The van der Waals surface area contributed by atoms with Crippen LogP contribution < -0.4 is 10.6 Å². The summed E-state index contributed by atoms with van der Waals surface area (Å²) in [6.45, 7) is 5.49. The van der Waals surface area contributed by atoms with Crippen molar-refractivity contribution < 1.29 is 0 Å². The average Bonchev–Trinajstić information content (AvgIpc) is 3.14. The highest BCUT2D eigenvalue weighted by Crippen LogP contribution is 2.33. The van der Waals surface area contributed by atoms with Gasteiger partial charge in [-0.3, -0.25) is 10.4 Å². The fraction of sp³-hybridized carbons (Fsp3) is 0.571. The van der Waals surface area contributed by atoms with E-state index in [0.717, 1.165) is 18.7 Å². The molecular weight excluding hydrogens is 224 g/mol. The van der Waals surface area contributed by atoms with Crippen molar-refractivity contribution in [1.29, 1.82) is 5.41 Å². The third-order valence-corrected chi connectivity index (χ3v) is 3.29. The largest absolute Gasteiger partial charge is 0.382 e. The Labute approximate surface area is 109 Å². The maximum atomic E-state index is 7.64. The number of rotatable bonds is 6. The lowest BCUT2D eigenvalue weighted by atomic mass is 10.1. The van der Waals surface area contributed by atoms with Crippen LogP contribution in [0, 0.1) is 11.3 Å². The predicted octanol–water partition coefficient (Wildman–Crippen LogP) is 2.38. The van der Waals surface area contributed by atoms with Gasteiger partial charge >= 0.3 is 0 Å². The van der Waals surface area contributed by atoms with E-state index in [2.05, 4.69) is 23.7 Å². The molecule has 0 radical (unpaired) electrons. The number of hydrogen-bond acceptors (Lipinski definition) is 3. The van der Waals surface area contributed by atoms with Crippen molar-refractivity contribution in [1.82, 2.24) is 4.98 Å². The average molecular weight is 246 g/mol. The lowest BCUT2D eigenvalue weighted by Crippen LogP contribution is -2.30. The second-order valence-electron chi connectivity index (χ2n) is 5.39. The molecule has 1 fully saturated rings. The molecule has 0 aliphatic heterocycles. The molecule has 1 aliphatic rings. The highest BCUT2D eigenvalue weighted by Gasteiger charge is 2.30. The van der Waals surface area contributed by atoms with Gasteiger partial charge in [-0.2, -0.15) is 0 Å². The first kappa shape index (κ1) is 12.9. The van der Waals surface area contributed by atoms with Crippen LogP contribution in [0.1, 0.15) is 38.8 Å². The molecule has 0 saturated heterocycles. The molecule has 98 valence electrons. The lowest BCUT2D eigenvalue weighted by molar-refractivity contribution is 0.570. The van der Waals surface area contributed by atoms with Gasteiger partial charge in [-0.1, -0.05) is 13.8 Å². The van der Waals surface area contributed by atoms with Gasteiger partial charge in [0.1, 0.15) is 11.5 Å². The SMILES string of the molecule is CC(C)CCN(c1cccnc1C(=N)N)C1CC1. The normalized spacial score (nSPS) is 14.8. The topological polar surface area (TPSA) is 66.0 Å². The number of amidine groups is 1. The number of aromatic nitrogens is 1. The first-order valence-electron chi connectivity index (χ1n) is 6.65. The highest BCUT2D eigenvalue weighted by atomic mass is 15.2. The van der Waals surface area contributed by atoms with E-state index in [9.17, 15) is 0 Å². The quantitative estimate of drug-likeness (QED) is 0.598. The fourth-order valence-corrected chi connectivity index (χ4v) is 2.12. The maximum Gasteiger partial charge on any atom is 0.143 e. The van der Waals surface area contributed by atoms with Gasteiger partial charge in [0.2, 0.25) is 0 Å². The monoisotopic (exact) mass is 246 g/mol. The highest BCUT2D eigenvalue weighted by molar-refractivity contribution is 5.98. The number of hydrogen-bond donors (Lipinski definition) is 2. The molecule has 18 heavy (non-hydrogen) atoms. The third-order valence-electron chi connectivity index (χ3n) is 3.29. The van der Waals surface area contributed by atoms with Crippen molar-refractivity contribution in [2.45, 2.75) is 39.2 Å². The number of anilines is 1. The van der Waals surface area contributed by atoms with Crippen LogP contribution in [0.2, 0.25) is 0 Å². The van der Waals surface area contributed by atoms with E-state index in [1.54, 1.807) is 6.20 Å². The van der Waals surface area contributed by atoms with Gasteiger partial charge in [-0.05, 0) is 37.3 Å². The fourth-order valence-electron chi connectivity index (χ4n) is 2.12. The molecular formula is C14H22N4. The Morgan fingerprint density at radius 2 is 2.28 bits per heavy atom. The summed E-state index contributed by atoms with van der Waals surface area (Å²) in [5.74, 6) is 0.740. The number of pyridine rings is 1. The van der Waals surface area contributed by atoms with E-state index >= 15 is 0 Å². The summed E-state index contributed by atoms with van der Waals surface area (Å²) in [6, 6.07) is 4.57. The van der Waals surface area contributed by atoms with Crippen molar-refractivity contribution in [2.24, 2.45) is 11.7 Å². The smallest absolute Gasteiger partial charge is 0.143 e. The molecule has 2 rings (SSSR count). The zero-order chi connectivity index (χ0) is 13.1. The minimum Gasteiger partial charge on any atom is -0.382 e. The van der Waals surface area contributed by atoms with E-state index in [4.69, 9.17) is 11.1 Å². The van der Waals surface area contributed by atoms with Crippen LogP contribution in [0.15, 0.2) is 18.3 Å². The molecule has 0 bridgehead atoms. The van der Waals surface area contributed by atoms with Gasteiger partial charge in [-0.25, -0.2) is 0 Å². The van der Waals surface area contributed by atoms with Gasteiger partial charge in [-0.15, -0.1) is 0 Å². The Morgan fingerprint density at radius 1 is 1.56 bits per heavy atom. The Bertz CT molecular complexity index is 424. The zero-order valence-corrected chi connectivity index (χ0v) is 11.2. The number of nitrogens with one attached hydrogen (secondary N) is 1. The molecule has 1 saturated carbocycles. The molecule has 1 aromatic rings. The van der Waals surface area contributed by atoms with Crippen LogP contribution in [0.4, 0.5) is 5.69 Å². The van der Waals surface area contributed by atoms with Crippen LogP contribution in [0.25, 0.3) is 0 Å². The van der Waals surface area contributed by atoms with E-state index in [0.29, 0.717) is 17.7 Å². The minimum absolute atomic E-state index is 0.0563. The number of nitrogens with zero attached hydrogens (tertiary/aromatic N) is 2. The summed E-state index contributed by atoms with van der Waals surface area (Å²) in [4.78, 5) is 6.62. The Hall–Kier alpha value is -1.58. The van der Waals surface area contributed by atoms with E-state index in [-0.39, 0.29) is 5.84 Å². The summed E-state index contributed by atoms with van der Waals surface area (Å²) in [5, 5.41) is 7.64. The predicted molar refractivity (Wildman–Crippen MR) is 75.1 cm³/mol. The standard InChI is InChI=1S/C14H22N4/c1-10(2)7-9-18(11-5-6-11)12-4-3-8-17-13(12)14(15)16/h3-4,8,10-11H,5-7,9H2,1-2H3,(H3,15,16). The van der Waals surface area contributed by atoms with Gasteiger partial charge in [0.25, 0.3) is 0 Å². The van der Waals surface area contributed by atoms with Gasteiger partial charge in [0, 0.05) is 18.8 Å². The maximum absolute atomic E-state index is 7.64. The molecule has 1 aromatic heterocycles. The molecule has 0 unspecified atom stereocenters. The zero-order valence-electron chi connectivity index (χ0n) is 11.2. The molecule has 0 atom stereocenters. The van der Waals surface area contributed by atoms with Crippen LogP contribution in [-0.2, 0) is 0 Å². The lowest BCUT2D eigenvalue weighted by Gasteiger charge is -2.27. The molecule has 3 N–H and O–H groups in total. The summed E-state index contributed by atoms with van der Waals surface area (Å²) in [6.07, 6.45) is 5.34. The van der Waals surface area contributed by atoms with Crippen LogP contribution in [0.5, 0.6) is 0 Å². The number of nitrogen functional groups attached to an aromatic ring is 1. The molecule has 0 spiro atoms. The van der Waals surface area contributed by atoms with Gasteiger partial charge in [0.15, 0.2) is 0 Å². The second-order valence-corrected chi connectivity index (χ2v) is 5.39. The van der Waals surface area contributed by atoms with Crippen molar-refractivity contribution in [3.05, 3.63) is 24.0 Å². The minimum atomic E-state index is 0.0563.